The molecule has 4 rings (SSSR count). The molecule has 0 bridgehead atoms. The molecule has 8 atom stereocenters. The van der Waals surface area contributed by atoms with Crippen molar-refractivity contribution in [2.75, 3.05) is 6.61 Å². The summed E-state index contributed by atoms with van der Waals surface area (Å²) in [6, 6.07) is 0. The Labute approximate surface area is 276 Å². The molecular formula is C25H33MgNaO13S. The van der Waals surface area contributed by atoms with E-state index in [1.165, 1.54) is 0 Å². The van der Waals surface area contributed by atoms with Gasteiger partial charge in [0.25, 0.3) is 0 Å². The smallest absolute Gasteiger partial charge is 0.759 e. The van der Waals surface area contributed by atoms with Crippen molar-refractivity contribution < 1.29 is 91.4 Å². The number of ketones is 2. The van der Waals surface area contributed by atoms with Crippen molar-refractivity contribution >= 4 is 57.0 Å². The Hall–Kier alpha value is -0.464. The number of aliphatic carboxylic acids is 1. The van der Waals surface area contributed by atoms with Crippen LogP contribution < -0.4 is 34.7 Å². The van der Waals surface area contributed by atoms with E-state index in [0.717, 1.165) is 5.57 Å². The molecule has 0 amide bonds. The van der Waals surface area contributed by atoms with Gasteiger partial charge in [-0.2, -0.15) is 0 Å². The minimum Gasteiger partial charge on any atom is -0.759 e. The molecule has 4 aliphatic rings. The minimum atomic E-state index is -5.17. The predicted octanol–water partition coefficient (Wildman–Crippen LogP) is -4.88. The monoisotopic (exact) mass is 620 g/mol. The molecule has 0 spiro atoms. The van der Waals surface area contributed by atoms with Gasteiger partial charge in [0.1, 0.15) is 18.3 Å². The summed E-state index contributed by atoms with van der Waals surface area (Å²) in [7, 11) is -5.17. The molecule has 13 nitrogen and oxygen atoms in total. The molecule has 0 aliphatic heterocycles. The predicted molar refractivity (Wildman–Crippen MR) is 131 cm³/mol. The zero-order valence-electron chi connectivity index (χ0n) is 23.4. The molecule has 3 saturated carbocycles. The van der Waals surface area contributed by atoms with Crippen LogP contribution in [0.5, 0.6) is 0 Å². The van der Waals surface area contributed by atoms with Gasteiger partial charge in [-0.1, -0.05) is 19.4 Å². The summed E-state index contributed by atoms with van der Waals surface area (Å²) < 4.78 is 39.8. The average molecular weight is 621 g/mol. The van der Waals surface area contributed by atoms with Gasteiger partial charge in [0.2, 0.25) is 0 Å². The molecule has 3 fully saturated rings. The first-order valence-electron chi connectivity index (χ1n) is 12.7. The van der Waals surface area contributed by atoms with Crippen LogP contribution in [0.3, 0.4) is 0 Å². The number of rotatable bonds is 6. The Morgan fingerprint density at radius 1 is 1.15 bits per heavy atom. The molecule has 4 aliphatic carbocycles. The summed E-state index contributed by atoms with van der Waals surface area (Å²) in [5.41, 5.74) is -2.65. The van der Waals surface area contributed by atoms with Gasteiger partial charge in [-0.25, -0.2) is 0 Å². The van der Waals surface area contributed by atoms with Gasteiger partial charge in [-0.15, -0.1) is 0 Å². The average Bonchev–Trinajstić information content (AvgIpc) is 3.07. The topological polar surface area (TPSA) is 242 Å². The van der Waals surface area contributed by atoms with E-state index < -0.39 is 69.8 Å². The first-order valence-corrected chi connectivity index (χ1v) is 14.1. The third-order valence-electron chi connectivity index (χ3n) is 9.54. The van der Waals surface area contributed by atoms with Gasteiger partial charge < -0.3 is 39.1 Å². The Kier molecular flexibility index (Phi) is 13.3. The Morgan fingerprint density at radius 3 is 2.27 bits per heavy atom. The standard InChI is InChI=1S/C25H34O9.Mg.Na.H2O4S/c1-23-11-17(28)22-15(16(23)7-8-25(23,33)18(29)12-26)4-3-13-9-14(27)10-19(24(13,22)2)34-21(32)6-5-20(30)31;;;1-5(2,3)4/h9,15-17,19,22,26,28,33H,3-8,10-12H2,1-2H3,(H,30,31);;;(H2,1,2,3,4)/q;+2;+1;/p-3/t15-,16-,17-,19?,22+,23-,24+,25-;;;/m0.../s1. The molecule has 0 radical (unpaired) electrons. The zero-order valence-corrected chi connectivity index (χ0v) is 27.6. The van der Waals surface area contributed by atoms with Crippen molar-refractivity contribution in [3.05, 3.63) is 11.6 Å². The third kappa shape index (κ3) is 7.61. The van der Waals surface area contributed by atoms with Crippen LogP contribution in [0.15, 0.2) is 11.6 Å². The second-order valence-electron chi connectivity index (χ2n) is 11.4. The second kappa shape index (κ2) is 14.1. The van der Waals surface area contributed by atoms with Gasteiger partial charge in [-0.3, -0.25) is 22.8 Å². The van der Waals surface area contributed by atoms with E-state index in [0.29, 0.717) is 19.3 Å². The number of hydrogen-bond acceptors (Lipinski definition) is 13. The number of Topliss-reactive ketones (excluding diaryl/α,β-unsaturated/α-hetero) is 1. The molecule has 0 heterocycles. The fourth-order valence-corrected chi connectivity index (χ4v) is 7.88. The van der Waals surface area contributed by atoms with E-state index in [1.54, 1.807) is 6.08 Å². The third-order valence-corrected chi connectivity index (χ3v) is 9.54. The Bertz CT molecular complexity index is 1170. The fraction of sp³-hybridized carbons (Fsp3) is 0.760. The summed E-state index contributed by atoms with van der Waals surface area (Å²) in [6.07, 6.45) is 1.04. The maximum atomic E-state index is 12.5. The molecule has 0 aromatic rings. The van der Waals surface area contributed by atoms with Gasteiger partial charge in [-0.05, 0) is 56.4 Å². The molecule has 0 aromatic heterocycles. The van der Waals surface area contributed by atoms with Gasteiger partial charge >= 0.3 is 58.6 Å². The molecular weight excluding hydrogens is 588 g/mol. The Morgan fingerprint density at radius 2 is 1.73 bits per heavy atom. The molecule has 41 heavy (non-hydrogen) atoms. The van der Waals surface area contributed by atoms with Crippen molar-refractivity contribution in [1.29, 1.82) is 0 Å². The van der Waals surface area contributed by atoms with Crippen molar-refractivity contribution in [2.24, 2.45) is 28.6 Å². The first-order chi connectivity index (χ1) is 17.9. The van der Waals surface area contributed by atoms with E-state index in [9.17, 15) is 39.6 Å². The van der Waals surface area contributed by atoms with Crippen LogP contribution in [0, 0.1) is 28.6 Å². The van der Waals surface area contributed by atoms with Crippen LogP contribution in [-0.2, 0) is 34.3 Å². The summed E-state index contributed by atoms with van der Waals surface area (Å²) in [6.45, 7) is 2.94. The summed E-state index contributed by atoms with van der Waals surface area (Å²) in [4.78, 5) is 48.2. The van der Waals surface area contributed by atoms with E-state index in [-0.39, 0.29) is 102 Å². The first kappa shape index (κ1) is 38.6. The quantitative estimate of drug-likeness (QED) is 0.109. The molecule has 16 heteroatoms. The molecule has 3 N–H and O–H groups in total. The molecule has 220 valence electrons. The van der Waals surface area contributed by atoms with E-state index in [2.05, 4.69) is 0 Å². The number of hydrogen-bond donors (Lipinski definition) is 3. The van der Waals surface area contributed by atoms with Gasteiger partial charge in [0.05, 0.1) is 12.5 Å². The summed E-state index contributed by atoms with van der Waals surface area (Å²) in [5.74, 6) is -3.46. The van der Waals surface area contributed by atoms with Crippen LogP contribution in [0.2, 0.25) is 0 Å². The Balaban J connectivity index is 0.00000111. The number of ether oxygens (including phenoxy) is 1. The minimum absolute atomic E-state index is 0. The number of carbonyl (C=O) groups excluding carboxylic acids is 4. The maximum Gasteiger partial charge on any atom is 2.00 e. The number of aliphatic hydroxyl groups excluding tert-OH is 2. The van der Waals surface area contributed by atoms with Crippen LogP contribution in [0.25, 0.3) is 0 Å². The number of aliphatic hydroxyl groups is 3. The normalized spacial score (nSPS) is 37.3. The molecule has 1 unspecified atom stereocenters. The molecule has 0 aromatic carbocycles. The second-order valence-corrected chi connectivity index (χ2v) is 12.2. The number of esters is 1. The van der Waals surface area contributed by atoms with Gasteiger partial charge in [0.15, 0.2) is 11.6 Å². The van der Waals surface area contributed by atoms with Gasteiger partial charge in [0, 0.05) is 39.5 Å². The van der Waals surface area contributed by atoms with Crippen LogP contribution >= 0.6 is 0 Å². The number of carboxylic acid groups (broad SMARTS) is 1. The van der Waals surface area contributed by atoms with Crippen molar-refractivity contribution in [2.45, 2.75) is 83.0 Å². The largest absolute Gasteiger partial charge is 2.00 e. The van der Waals surface area contributed by atoms with Crippen molar-refractivity contribution in [3.63, 3.8) is 0 Å². The number of carbonyl (C=O) groups is 4. The van der Waals surface area contributed by atoms with Crippen molar-refractivity contribution in [1.82, 2.24) is 0 Å². The number of fused-ring (bicyclic) bond motifs is 5. The van der Waals surface area contributed by atoms with Crippen LogP contribution in [0.4, 0.5) is 0 Å². The summed E-state index contributed by atoms with van der Waals surface area (Å²) in [5, 5.41) is 43.0. The summed E-state index contributed by atoms with van der Waals surface area (Å²) >= 11 is 0. The zero-order chi connectivity index (χ0) is 29.6. The van der Waals surface area contributed by atoms with E-state index in [1.807, 2.05) is 13.8 Å². The van der Waals surface area contributed by atoms with Crippen LogP contribution in [-0.4, -0.2) is 104 Å². The van der Waals surface area contributed by atoms with Crippen molar-refractivity contribution in [3.8, 4) is 0 Å². The molecule has 0 saturated heterocycles. The number of carboxylic acids is 1. The maximum absolute atomic E-state index is 12.5. The fourth-order valence-electron chi connectivity index (χ4n) is 7.88. The van der Waals surface area contributed by atoms with Crippen LogP contribution in [0.1, 0.15) is 65.2 Å². The van der Waals surface area contributed by atoms with E-state index in [4.69, 9.17) is 22.3 Å². The van der Waals surface area contributed by atoms with E-state index >= 15 is 0 Å². The SMILES string of the molecule is C[C@]12C[C@H](O)[C@H]3[C@@H](CCC4=CC(=O)CC(OC(=O)CCC(=O)[O-])[C@@]43C)[C@@H]1CC[C@]2(O)C(=O)CO.O=S(=O)([O-])[O-].[Mg+2].[Na+].